The van der Waals surface area contributed by atoms with Crippen LogP contribution in [0.25, 0.3) is 10.9 Å². The maximum atomic E-state index is 11.7. The number of fused-ring (bicyclic) bond motifs is 1. The van der Waals surface area contributed by atoms with Gasteiger partial charge in [0.25, 0.3) is 0 Å². The van der Waals surface area contributed by atoms with Crippen molar-refractivity contribution in [3.05, 3.63) is 57.0 Å². The van der Waals surface area contributed by atoms with Gasteiger partial charge in [-0.25, -0.2) is 0 Å². The zero-order valence-corrected chi connectivity index (χ0v) is 8.65. The summed E-state index contributed by atoms with van der Waals surface area (Å²) in [6.07, 6.45) is 1.43. The molecule has 0 amide bonds. The van der Waals surface area contributed by atoms with Gasteiger partial charge in [-0.3, -0.25) is 4.79 Å². The summed E-state index contributed by atoms with van der Waals surface area (Å²) in [7, 11) is 0. The number of hydrogen-bond acceptors (Lipinski definition) is 2. The molecule has 0 aliphatic carbocycles. The monoisotopic (exact) mass is 201 g/mol. The van der Waals surface area contributed by atoms with E-state index in [1.807, 2.05) is 6.07 Å². The lowest BCUT2D eigenvalue weighted by atomic mass is 10.2. The summed E-state index contributed by atoms with van der Waals surface area (Å²) in [6.45, 7) is 3.48. The highest BCUT2D eigenvalue weighted by Crippen LogP contribution is 2.09. The molecule has 0 N–H and O–H groups in total. The molecule has 0 fully saturated rings. The SMILES string of the molecule is Cc1cc2ccc[n+]([O-])c2cc(C)c1=O. The van der Waals surface area contributed by atoms with E-state index in [0.29, 0.717) is 16.6 Å². The van der Waals surface area contributed by atoms with E-state index in [2.05, 4.69) is 0 Å². The number of hydrogen-bond donors (Lipinski definition) is 0. The highest BCUT2D eigenvalue weighted by Gasteiger charge is 2.05. The van der Waals surface area contributed by atoms with E-state index in [-0.39, 0.29) is 5.43 Å². The summed E-state index contributed by atoms with van der Waals surface area (Å²) in [6, 6.07) is 6.89. The quantitative estimate of drug-likeness (QED) is 0.478. The van der Waals surface area contributed by atoms with Crippen molar-refractivity contribution in [3.63, 3.8) is 0 Å². The van der Waals surface area contributed by atoms with Crippen LogP contribution in [0.5, 0.6) is 0 Å². The number of aryl methyl sites for hydroxylation is 2. The van der Waals surface area contributed by atoms with Gasteiger partial charge in [0.1, 0.15) is 0 Å². The van der Waals surface area contributed by atoms with Crippen LogP contribution in [0.3, 0.4) is 0 Å². The molecule has 1 aromatic carbocycles. The summed E-state index contributed by atoms with van der Waals surface area (Å²) in [5.41, 5.74) is 1.78. The Bertz CT molecular complexity index is 591. The van der Waals surface area contributed by atoms with Crippen LogP contribution in [0.4, 0.5) is 0 Å². The van der Waals surface area contributed by atoms with Crippen molar-refractivity contribution in [1.29, 1.82) is 0 Å². The summed E-state index contributed by atoms with van der Waals surface area (Å²) < 4.78 is 0.779. The third-order valence-electron chi connectivity index (χ3n) is 2.47. The highest BCUT2D eigenvalue weighted by molar-refractivity contribution is 5.75. The predicted octanol–water partition coefficient (Wildman–Crippen LogP) is 1.45. The van der Waals surface area contributed by atoms with Crippen molar-refractivity contribution in [1.82, 2.24) is 0 Å². The van der Waals surface area contributed by atoms with Crippen molar-refractivity contribution < 1.29 is 4.73 Å². The Morgan fingerprint density at radius 3 is 2.60 bits per heavy atom. The lowest BCUT2D eigenvalue weighted by Crippen LogP contribution is -2.25. The first-order valence-corrected chi connectivity index (χ1v) is 4.73. The van der Waals surface area contributed by atoms with Crippen molar-refractivity contribution >= 4 is 10.9 Å². The zero-order valence-electron chi connectivity index (χ0n) is 8.65. The predicted molar refractivity (Wildman–Crippen MR) is 58.7 cm³/mol. The summed E-state index contributed by atoms with van der Waals surface area (Å²) in [5.74, 6) is 0. The van der Waals surface area contributed by atoms with Crippen LogP contribution in [0.2, 0.25) is 0 Å². The Kier molecular flexibility index (Phi) is 2.15. The highest BCUT2D eigenvalue weighted by atomic mass is 16.5. The third-order valence-corrected chi connectivity index (χ3v) is 2.47. The van der Waals surface area contributed by atoms with Gasteiger partial charge in [0.05, 0.1) is 0 Å². The molecule has 0 saturated heterocycles. The first-order chi connectivity index (χ1) is 7.09. The summed E-state index contributed by atoms with van der Waals surface area (Å²) >= 11 is 0. The van der Waals surface area contributed by atoms with E-state index in [9.17, 15) is 10.0 Å². The van der Waals surface area contributed by atoms with Crippen LogP contribution in [-0.2, 0) is 0 Å². The fourth-order valence-electron chi connectivity index (χ4n) is 1.67. The second-order valence-electron chi connectivity index (χ2n) is 3.66. The largest absolute Gasteiger partial charge is 0.618 e. The maximum absolute atomic E-state index is 11.7. The maximum Gasteiger partial charge on any atom is 0.224 e. The minimum absolute atomic E-state index is 0.00815. The molecule has 1 aromatic heterocycles. The minimum Gasteiger partial charge on any atom is -0.618 e. The van der Waals surface area contributed by atoms with E-state index in [4.69, 9.17) is 0 Å². The molecule has 0 aliphatic heterocycles. The third kappa shape index (κ3) is 1.56. The number of aromatic nitrogens is 1. The van der Waals surface area contributed by atoms with Gasteiger partial charge in [-0.1, -0.05) is 0 Å². The van der Waals surface area contributed by atoms with Gasteiger partial charge in [-0.2, -0.15) is 4.73 Å². The van der Waals surface area contributed by atoms with Gasteiger partial charge in [0, 0.05) is 23.1 Å². The molecule has 0 bridgehead atoms. The Morgan fingerprint density at radius 1 is 1.20 bits per heavy atom. The molecule has 1 heterocycles. The van der Waals surface area contributed by atoms with E-state index in [1.54, 1.807) is 32.0 Å². The van der Waals surface area contributed by atoms with Crippen LogP contribution in [0, 0.1) is 19.1 Å². The van der Waals surface area contributed by atoms with Crippen molar-refractivity contribution in [2.45, 2.75) is 13.8 Å². The summed E-state index contributed by atoms with van der Waals surface area (Å²) in [5, 5.41) is 12.3. The first-order valence-electron chi connectivity index (χ1n) is 4.73. The van der Waals surface area contributed by atoms with E-state index >= 15 is 0 Å². The molecular weight excluding hydrogens is 190 g/mol. The number of nitrogens with zero attached hydrogens (tertiary/aromatic N) is 1. The molecule has 2 aromatic rings. The normalized spacial score (nSPS) is 10.5. The molecule has 0 unspecified atom stereocenters. The molecule has 0 radical (unpaired) electrons. The van der Waals surface area contributed by atoms with E-state index in [1.165, 1.54) is 6.20 Å². The average Bonchev–Trinajstić information content (AvgIpc) is 2.30. The molecule has 15 heavy (non-hydrogen) atoms. The molecule has 0 aliphatic rings. The molecule has 0 spiro atoms. The topological polar surface area (TPSA) is 44.0 Å². The zero-order chi connectivity index (χ0) is 11.0. The van der Waals surface area contributed by atoms with Crippen molar-refractivity contribution in [2.24, 2.45) is 0 Å². The van der Waals surface area contributed by atoms with Gasteiger partial charge in [0.15, 0.2) is 11.6 Å². The molecular formula is C12H11NO2. The molecule has 2 rings (SSSR count). The fraction of sp³-hybridized carbons (Fsp3) is 0.167. The smallest absolute Gasteiger partial charge is 0.224 e. The van der Waals surface area contributed by atoms with E-state index in [0.717, 1.165) is 10.1 Å². The second kappa shape index (κ2) is 3.35. The average molecular weight is 201 g/mol. The number of rotatable bonds is 0. The molecule has 3 nitrogen and oxygen atoms in total. The van der Waals surface area contributed by atoms with Crippen molar-refractivity contribution in [3.8, 4) is 0 Å². The Morgan fingerprint density at radius 2 is 1.87 bits per heavy atom. The van der Waals surface area contributed by atoms with Crippen LogP contribution >= 0.6 is 0 Å². The standard InChI is InChI=1S/C12H11NO2/c1-8-6-10-4-3-5-13(15)11(10)7-9(2)12(8)14/h3-7H,1-2H3. The van der Waals surface area contributed by atoms with Crippen LogP contribution in [0.15, 0.2) is 35.3 Å². The van der Waals surface area contributed by atoms with Gasteiger partial charge < -0.3 is 5.21 Å². The lowest BCUT2D eigenvalue weighted by Gasteiger charge is -1.97. The van der Waals surface area contributed by atoms with Crippen LogP contribution in [0.1, 0.15) is 11.1 Å². The molecule has 76 valence electrons. The van der Waals surface area contributed by atoms with E-state index < -0.39 is 0 Å². The van der Waals surface area contributed by atoms with Gasteiger partial charge >= 0.3 is 0 Å². The molecule has 0 atom stereocenters. The summed E-state index contributed by atoms with van der Waals surface area (Å²) in [4.78, 5) is 11.7. The Balaban J connectivity index is 3.06. The first kappa shape index (κ1) is 9.65. The Hall–Kier alpha value is -1.90. The van der Waals surface area contributed by atoms with Crippen molar-refractivity contribution in [2.75, 3.05) is 0 Å². The van der Waals surface area contributed by atoms with Gasteiger partial charge in [0.2, 0.25) is 5.52 Å². The van der Waals surface area contributed by atoms with Gasteiger partial charge in [-0.15, -0.1) is 0 Å². The minimum atomic E-state index is -0.00815. The fourth-order valence-corrected chi connectivity index (χ4v) is 1.67. The molecule has 3 heteroatoms. The number of pyridine rings is 1. The van der Waals surface area contributed by atoms with Crippen LogP contribution < -0.4 is 10.2 Å². The lowest BCUT2D eigenvalue weighted by molar-refractivity contribution is -0.577. The van der Waals surface area contributed by atoms with Gasteiger partial charge in [-0.05, 0) is 31.5 Å². The second-order valence-corrected chi connectivity index (χ2v) is 3.66. The Labute approximate surface area is 87.2 Å². The van der Waals surface area contributed by atoms with Crippen LogP contribution in [-0.4, -0.2) is 0 Å². The molecule has 0 saturated carbocycles.